The lowest BCUT2D eigenvalue weighted by Crippen LogP contribution is -2.38. The number of pyridine rings is 1. The standard InChI is InChI=1S/C27H22N2O2/c30-19-24(18-20-7-2-1-3-8-20)29-27(31)25-11-6-16-28-26(25)15-13-21-12-14-22-9-4-5-10-23(22)17-21/h1-17,19,24H,18H2,(H,29,31)/b15-13+. The number of rotatable bonds is 7. The number of carbonyl (C=O) groups is 2. The Morgan fingerprint density at radius 2 is 1.65 bits per heavy atom. The zero-order valence-electron chi connectivity index (χ0n) is 16.9. The summed E-state index contributed by atoms with van der Waals surface area (Å²) in [6, 6.07) is 26.8. The monoisotopic (exact) mass is 406 g/mol. The van der Waals surface area contributed by atoms with Gasteiger partial charge in [-0.3, -0.25) is 9.78 Å². The number of aldehydes is 1. The van der Waals surface area contributed by atoms with Gasteiger partial charge in [-0.2, -0.15) is 0 Å². The molecule has 1 amide bonds. The number of carbonyl (C=O) groups excluding carboxylic acids is 2. The molecule has 31 heavy (non-hydrogen) atoms. The molecule has 0 spiro atoms. The molecule has 1 unspecified atom stereocenters. The minimum absolute atomic E-state index is 0.320. The first kappa shape index (κ1) is 20.2. The number of nitrogens with one attached hydrogen (secondary N) is 1. The van der Waals surface area contributed by atoms with Gasteiger partial charge in [-0.05, 0) is 52.6 Å². The summed E-state index contributed by atoms with van der Waals surface area (Å²) in [4.78, 5) is 28.8. The van der Waals surface area contributed by atoms with Crippen molar-refractivity contribution in [1.82, 2.24) is 10.3 Å². The molecule has 4 nitrogen and oxygen atoms in total. The van der Waals surface area contributed by atoms with Crippen molar-refractivity contribution < 1.29 is 9.59 Å². The highest BCUT2D eigenvalue weighted by molar-refractivity contribution is 5.99. The topological polar surface area (TPSA) is 59.1 Å². The smallest absolute Gasteiger partial charge is 0.254 e. The van der Waals surface area contributed by atoms with Crippen LogP contribution in [0.25, 0.3) is 22.9 Å². The van der Waals surface area contributed by atoms with Gasteiger partial charge in [-0.25, -0.2) is 0 Å². The predicted octanol–water partition coefficient (Wildman–Crippen LogP) is 4.95. The Morgan fingerprint density at radius 3 is 2.45 bits per heavy atom. The molecular weight excluding hydrogens is 384 g/mol. The zero-order chi connectivity index (χ0) is 21.5. The van der Waals surface area contributed by atoms with Gasteiger partial charge in [0.15, 0.2) is 0 Å². The second-order valence-electron chi connectivity index (χ2n) is 7.28. The molecule has 0 saturated carbocycles. The largest absolute Gasteiger partial charge is 0.342 e. The van der Waals surface area contributed by atoms with Crippen LogP contribution in [-0.2, 0) is 11.2 Å². The molecule has 0 saturated heterocycles. The Morgan fingerprint density at radius 1 is 0.871 bits per heavy atom. The Balaban J connectivity index is 1.52. The minimum atomic E-state index is -0.604. The van der Waals surface area contributed by atoms with E-state index in [9.17, 15) is 9.59 Å². The summed E-state index contributed by atoms with van der Waals surface area (Å²) in [5.41, 5.74) is 2.99. The second kappa shape index (κ2) is 9.63. The molecule has 0 bridgehead atoms. The van der Waals surface area contributed by atoms with E-state index < -0.39 is 6.04 Å². The quantitative estimate of drug-likeness (QED) is 0.442. The van der Waals surface area contributed by atoms with Crippen molar-refractivity contribution in [2.45, 2.75) is 12.5 Å². The van der Waals surface area contributed by atoms with Crippen LogP contribution in [0.2, 0.25) is 0 Å². The number of hydrogen-bond donors (Lipinski definition) is 1. The van der Waals surface area contributed by atoms with E-state index in [4.69, 9.17) is 0 Å². The van der Waals surface area contributed by atoms with Crippen molar-refractivity contribution in [3.8, 4) is 0 Å². The van der Waals surface area contributed by atoms with Gasteiger partial charge >= 0.3 is 0 Å². The number of hydrogen-bond acceptors (Lipinski definition) is 3. The highest BCUT2D eigenvalue weighted by Crippen LogP contribution is 2.18. The summed E-state index contributed by atoms with van der Waals surface area (Å²) in [6.45, 7) is 0. The average molecular weight is 406 g/mol. The molecule has 1 N–H and O–H groups in total. The van der Waals surface area contributed by atoms with Crippen LogP contribution < -0.4 is 5.32 Å². The van der Waals surface area contributed by atoms with Crippen LogP contribution in [0.15, 0.2) is 91.1 Å². The maximum atomic E-state index is 12.9. The molecule has 1 aromatic heterocycles. The minimum Gasteiger partial charge on any atom is -0.342 e. The lowest BCUT2D eigenvalue weighted by molar-refractivity contribution is -0.109. The van der Waals surface area contributed by atoms with Crippen LogP contribution in [0.5, 0.6) is 0 Å². The molecule has 0 aliphatic rings. The molecule has 152 valence electrons. The molecule has 4 aromatic rings. The summed E-state index contributed by atoms with van der Waals surface area (Å²) in [5, 5.41) is 5.14. The van der Waals surface area contributed by atoms with Gasteiger partial charge < -0.3 is 10.1 Å². The van der Waals surface area contributed by atoms with Crippen molar-refractivity contribution in [2.24, 2.45) is 0 Å². The first-order chi connectivity index (χ1) is 15.2. The van der Waals surface area contributed by atoms with Crippen molar-refractivity contribution in [3.05, 3.63) is 114 Å². The number of nitrogens with zero attached hydrogens (tertiary/aromatic N) is 1. The van der Waals surface area contributed by atoms with Crippen molar-refractivity contribution in [1.29, 1.82) is 0 Å². The molecule has 0 aliphatic heterocycles. The number of amides is 1. The zero-order valence-corrected chi connectivity index (χ0v) is 16.9. The number of aromatic nitrogens is 1. The molecule has 1 heterocycles. The molecule has 0 fully saturated rings. The van der Waals surface area contributed by atoms with E-state index >= 15 is 0 Å². The SMILES string of the molecule is O=CC(Cc1ccccc1)NC(=O)c1cccnc1/C=C/c1ccc2ccccc2c1. The fourth-order valence-electron chi connectivity index (χ4n) is 3.48. The Hall–Kier alpha value is -4.05. The van der Waals surface area contributed by atoms with Gasteiger partial charge in [0.2, 0.25) is 0 Å². The third-order valence-corrected chi connectivity index (χ3v) is 5.07. The molecule has 0 radical (unpaired) electrons. The van der Waals surface area contributed by atoms with Crippen LogP contribution in [-0.4, -0.2) is 23.2 Å². The molecule has 1 atom stereocenters. The first-order valence-corrected chi connectivity index (χ1v) is 10.1. The van der Waals surface area contributed by atoms with E-state index in [2.05, 4.69) is 34.6 Å². The van der Waals surface area contributed by atoms with Crippen LogP contribution in [0.1, 0.15) is 27.2 Å². The predicted molar refractivity (Wildman–Crippen MR) is 125 cm³/mol. The molecule has 0 aliphatic carbocycles. The Labute approximate surface area is 181 Å². The Kier molecular flexibility index (Phi) is 6.29. The van der Waals surface area contributed by atoms with E-state index in [1.54, 1.807) is 18.3 Å². The van der Waals surface area contributed by atoms with E-state index in [0.29, 0.717) is 17.7 Å². The van der Waals surface area contributed by atoms with Gasteiger partial charge in [0.05, 0.1) is 17.3 Å². The third kappa shape index (κ3) is 5.11. The molecule has 4 heteroatoms. The van der Waals surface area contributed by atoms with Crippen LogP contribution in [0, 0.1) is 0 Å². The van der Waals surface area contributed by atoms with Gasteiger partial charge in [-0.1, -0.05) is 72.8 Å². The lowest BCUT2D eigenvalue weighted by Gasteiger charge is -2.14. The molecule has 3 aromatic carbocycles. The molecular formula is C27H22N2O2. The van der Waals surface area contributed by atoms with Gasteiger partial charge in [0.25, 0.3) is 5.91 Å². The van der Waals surface area contributed by atoms with Gasteiger partial charge in [0.1, 0.15) is 6.29 Å². The third-order valence-electron chi connectivity index (χ3n) is 5.07. The highest BCUT2D eigenvalue weighted by Gasteiger charge is 2.16. The lowest BCUT2D eigenvalue weighted by atomic mass is 10.0. The van der Waals surface area contributed by atoms with Gasteiger partial charge in [0, 0.05) is 6.20 Å². The fourth-order valence-corrected chi connectivity index (χ4v) is 3.48. The summed E-state index contributed by atoms with van der Waals surface area (Å²) < 4.78 is 0. The highest BCUT2D eigenvalue weighted by atomic mass is 16.2. The van der Waals surface area contributed by atoms with E-state index in [0.717, 1.165) is 22.8 Å². The van der Waals surface area contributed by atoms with Crippen LogP contribution in [0.3, 0.4) is 0 Å². The maximum Gasteiger partial charge on any atom is 0.254 e. The normalized spacial score (nSPS) is 12.0. The van der Waals surface area contributed by atoms with Crippen molar-refractivity contribution in [3.63, 3.8) is 0 Å². The second-order valence-corrected chi connectivity index (χ2v) is 7.28. The summed E-state index contributed by atoms with van der Waals surface area (Å²) in [6.07, 6.45) is 6.63. The number of benzene rings is 3. The maximum absolute atomic E-state index is 12.9. The van der Waals surface area contributed by atoms with Crippen LogP contribution in [0.4, 0.5) is 0 Å². The van der Waals surface area contributed by atoms with Crippen LogP contribution >= 0.6 is 0 Å². The summed E-state index contributed by atoms with van der Waals surface area (Å²) in [7, 11) is 0. The number of fused-ring (bicyclic) bond motifs is 1. The molecule has 4 rings (SSSR count). The van der Waals surface area contributed by atoms with Gasteiger partial charge in [-0.15, -0.1) is 0 Å². The first-order valence-electron chi connectivity index (χ1n) is 10.1. The van der Waals surface area contributed by atoms with Crippen molar-refractivity contribution >= 4 is 35.1 Å². The Bertz CT molecular complexity index is 1230. The van der Waals surface area contributed by atoms with E-state index in [-0.39, 0.29) is 5.91 Å². The summed E-state index contributed by atoms with van der Waals surface area (Å²) in [5.74, 6) is -0.320. The van der Waals surface area contributed by atoms with Crippen molar-refractivity contribution in [2.75, 3.05) is 0 Å². The van der Waals surface area contributed by atoms with E-state index in [1.165, 1.54) is 5.39 Å². The average Bonchev–Trinajstić information content (AvgIpc) is 2.83. The van der Waals surface area contributed by atoms with E-state index in [1.807, 2.05) is 60.7 Å². The fraction of sp³-hybridized carbons (Fsp3) is 0.0741. The summed E-state index contributed by atoms with van der Waals surface area (Å²) >= 11 is 0.